The van der Waals surface area contributed by atoms with E-state index in [4.69, 9.17) is 0 Å². The number of carbonyl (C=O) groups excluding carboxylic acids is 1. The molecule has 1 amide bonds. The van der Waals surface area contributed by atoms with Crippen LogP contribution in [-0.4, -0.2) is 12.5 Å². The second-order valence-electron chi connectivity index (χ2n) is 6.46. The predicted molar refractivity (Wildman–Crippen MR) is 102 cm³/mol. The van der Waals surface area contributed by atoms with E-state index < -0.39 is 0 Å². The Morgan fingerprint density at radius 2 is 1.62 bits per heavy atom. The van der Waals surface area contributed by atoms with Crippen molar-refractivity contribution in [3.8, 4) is 11.1 Å². The molecule has 0 radical (unpaired) electrons. The molecule has 0 bridgehead atoms. The van der Waals surface area contributed by atoms with Crippen LogP contribution in [0, 0.1) is 5.92 Å². The van der Waals surface area contributed by atoms with E-state index in [2.05, 4.69) is 55.6 Å². The first kappa shape index (κ1) is 18.3. The summed E-state index contributed by atoms with van der Waals surface area (Å²) in [6.45, 7) is 5.22. The molecular weight excluding hydrogens is 294 g/mol. The standard InChI is InChI=1S/C22H29NO/c1-3-5-9-18(4-2)17-23-22(24)16-19-12-14-21(15-13-19)20-10-7-6-8-11-20/h6-8,10-15,18H,3-5,9,16-17H2,1-2H3,(H,23,24)/t18-/m1/s1. The quantitative estimate of drug-likeness (QED) is 0.672. The number of unbranched alkanes of at least 4 members (excludes halogenated alkanes) is 1. The molecule has 0 saturated heterocycles. The van der Waals surface area contributed by atoms with Crippen molar-refractivity contribution in [3.63, 3.8) is 0 Å². The van der Waals surface area contributed by atoms with Gasteiger partial charge >= 0.3 is 0 Å². The normalized spacial score (nSPS) is 11.9. The van der Waals surface area contributed by atoms with Gasteiger partial charge in [0, 0.05) is 6.54 Å². The van der Waals surface area contributed by atoms with E-state index in [9.17, 15) is 4.79 Å². The molecule has 128 valence electrons. The molecule has 2 rings (SSSR count). The van der Waals surface area contributed by atoms with Crippen LogP contribution in [0.2, 0.25) is 0 Å². The maximum atomic E-state index is 12.2. The van der Waals surface area contributed by atoms with Crippen LogP contribution in [0.15, 0.2) is 54.6 Å². The highest BCUT2D eigenvalue weighted by molar-refractivity contribution is 5.78. The highest BCUT2D eigenvalue weighted by atomic mass is 16.1. The summed E-state index contributed by atoms with van der Waals surface area (Å²) < 4.78 is 0. The average molecular weight is 323 g/mol. The molecule has 0 aliphatic rings. The Balaban J connectivity index is 1.83. The number of nitrogens with one attached hydrogen (secondary N) is 1. The molecule has 0 aliphatic carbocycles. The van der Waals surface area contributed by atoms with E-state index in [1.165, 1.54) is 30.4 Å². The molecule has 2 nitrogen and oxygen atoms in total. The van der Waals surface area contributed by atoms with Gasteiger partial charge in [-0.1, -0.05) is 87.7 Å². The largest absolute Gasteiger partial charge is 0.356 e. The molecule has 1 atom stereocenters. The lowest BCUT2D eigenvalue weighted by molar-refractivity contribution is -0.120. The molecule has 0 saturated carbocycles. The summed E-state index contributed by atoms with van der Waals surface area (Å²) in [6, 6.07) is 18.6. The summed E-state index contributed by atoms with van der Waals surface area (Å²) in [5, 5.41) is 3.10. The molecule has 1 N–H and O–H groups in total. The summed E-state index contributed by atoms with van der Waals surface area (Å²) >= 11 is 0. The molecular formula is C22H29NO. The maximum Gasteiger partial charge on any atom is 0.224 e. The van der Waals surface area contributed by atoms with E-state index in [-0.39, 0.29) is 5.91 Å². The number of rotatable bonds is 9. The number of hydrogen-bond donors (Lipinski definition) is 1. The van der Waals surface area contributed by atoms with Crippen LogP contribution in [0.1, 0.15) is 45.1 Å². The van der Waals surface area contributed by atoms with Gasteiger partial charge in [-0.05, 0) is 29.0 Å². The van der Waals surface area contributed by atoms with Crippen LogP contribution in [0.25, 0.3) is 11.1 Å². The Kier molecular flexibility index (Phi) is 7.54. The number of benzene rings is 2. The Hall–Kier alpha value is -2.09. The van der Waals surface area contributed by atoms with E-state index in [1.54, 1.807) is 0 Å². The van der Waals surface area contributed by atoms with Gasteiger partial charge in [0.1, 0.15) is 0 Å². The van der Waals surface area contributed by atoms with Gasteiger partial charge in [-0.2, -0.15) is 0 Å². The van der Waals surface area contributed by atoms with Crippen molar-refractivity contribution < 1.29 is 4.79 Å². The fraction of sp³-hybridized carbons (Fsp3) is 0.409. The molecule has 0 aliphatic heterocycles. The Bertz CT molecular complexity index is 604. The van der Waals surface area contributed by atoms with Crippen molar-refractivity contribution in [1.29, 1.82) is 0 Å². The fourth-order valence-electron chi connectivity index (χ4n) is 2.90. The van der Waals surface area contributed by atoms with Gasteiger partial charge in [-0.15, -0.1) is 0 Å². The van der Waals surface area contributed by atoms with Crippen molar-refractivity contribution in [3.05, 3.63) is 60.2 Å². The molecule has 0 heterocycles. The Labute approximate surface area is 146 Å². The minimum atomic E-state index is 0.123. The lowest BCUT2D eigenvalue weighted by atomic mass is 9.99. The van der Waals surface area contributed by atoms with Gasteiger partial charge in [0.2, 0.25) is 5.91 Å². The van der Waals surface area contributed by atoms with Crippen LogP contribution in [0.3, 0.4) is 0 Å². The lowest BCUT2D eigenvalue weighted by Gasteiger charge is -2.15. The molecule has 2 aromatic rings. The summed E-state index contributed by atoms with van der Waals surface area (Å²) in [6.07, 6.45) is 5.26. The van der Waals surface area contributed by atoms with E-state index in [0.717, 1.165) is 18.5 Å². The van der Waals surface area contributed by atoms with Gasteiger partial charge in [-0.25, -0.2) is 0 Å². The molecule has 0 spiro atoms. The molecule has 24 heavy (non-hydrogen) atoms. The first-order valence-electron chi connectivity index (χ1n) is 9.14. The number of hydrogen-bond acceptors (Lipinski definition) is 1. The first-order valence-corrected chi connectivity index (χ1v) is 9.14. The molecule has 0 unspecified atom stereocenters. The van der Waals surface area contributed by atoms with E-state index in [1.807, 2.05) is 18.2 Å². The Morgan fingerprint density at radius 3 is 2.25 bits per heavy atom. The van der Waals surface area contributed by atoms with Crippen LogP contribution in [-0.2, 0) is 11.2 Å². The number of carbonyl (C=O) groups is 1. The van der Waals surface area contributed by atoms with E-state index in [0.29, 0.717) is 12.3 Å². The molecule has 2 aromatic carbocycles. The molecule has 0 aromatic heterocycles. The molecule has 0 fully saturated rings. The Morgan fingerprint density at radius 1 is 0.958 bits per heavy atom. The summed E-state index contributed by atoms with van der Waals surface area (Å²) in [4.78, 5) is 12.2. The molecule has 2 heteroatoms. The van der Waals surface area contributed by atoms with Crippen molar-refractivity contribution in [1.82, 2.24) is 5.32 Å². The third kappa shape index (κ3) is 5.84. The predicted octanol–water partition coefficient (Wildman–Crippen LogP) is 5.23. The third-order valence-corrected chi connectivity index (χ3v) is 4.56. The van der Waals surface area contributed by atoms with Crippen LogP contribution < -0.4 is 5.32 Å². The van der Waals surface area contributed by atoms with Crippen LogP contribution >= 0.6 is 0 Å². The van der Waals surface area contributed by atoms with Crippen molar-refractivity contribution >= 4 is 5.91 Å². The van der Waals surface area contributed by atoms with Gasteiger partial charge < -0.3 is 5.32 Å². The monoisotopic (exact) mass is 323 g/mol. The van der Waals surface area contributed by atoms with Gasteiger partial charge in [-0.3, -0.25) is 4.79 Å². The minimum absolute atomic E-state index is 0.123. The minimum Gasteiger partial charge on any atom is -0.356 e. The van der Waals surface area contributed by atoms with Gasteiger partial charge in [0.15, 0.2) is 0 Å². The SMILES string of the molecule is CCCC[C@@H](CC)CNC(=O)Cc1ccc(-c2ccccc2)cc1. The second-order valence-corrected chi connectivity index (χ2v) is 6.46. The van der Waals surface area contributed by atoms with E-state index >= 15 is 0 Å². The summed E-state index contributed by atoms with van der Waals surface area (Å²) in [5.74, 6) is 0.728. The summed E-state index contributed by atoms with van der Waals surface area (Å²) in [7, 11) is 0. The van der Waals surface area contributed by atoms with Crippen molar-refractivity contribution in [2.45, 2.75) is 46.0 Å². The number of amides is 1. The maximum absolute atomic E-state index is 12.2. The highest BCUT2D eigenvalue weighted by Gasteiger charge is 2.09. The van der Waals surface area contributed by atoms with Gasteiger partial charge in [0.25, 0.3) is 0 Å². The topological polar surface area (TPSA) is 29.1 Å². The van der Waals surface area contributed by atoms with Crippen molar-refractivity contribution in [2.75, 3.05) is 6.54 Å². The zero-order valence-electron chi connectivity index (χ0n) is 14.9. The van der Waals surface area contributed by atoms with Crippen molar-refractivity contribution in [2.24, 2.45) is 5.92 Å². The van der Waals surface area contributed by atoms with Gasteiger partial charge in [0.05, 0.1) is 6.42 Å². The van der Waals surface area contributed by atoms with Crippen LogP contribution in [0.5, 0.6) is 0 Å². The summed E-state index contributed by atoms with van der Waals surface area (Å²) in [5.41, 5.74) is 3.45. The second kappa shape index (κ2) is 9.92. The highest BCUT2D eigenvalue weighted by Crippen LogP contribution is 2.19. The zero-order valence-corrected chi connectivity index (χ0v) is 14.9. The lowest BCUT2D eigenvalue weighted by Crippen LogP contribution is -2.30. The van der Waals surface area contributed by atoms with Crippen LogP contribution in [0.4, 0.5) is 0 Å². The third-order valence-electron chi connectivity index (χ3n) is 4.56. The smallest absolute Gasteiger partial charge is 0.224 e. The first-order chi connectivity index (χ1) is 11.7. The average Bonchev–Trinajstić information content (AvgIpc) is 2.63. The fourth-order valence-corrected chi connectivity index (χ4v) is 2.90. The zero-order chi connectivity index (χ0) is 17.2.